The van der Waals surface area contributed by atoms with Gasteiger partial charge in [0, 0.05) is 17.7 Å². The fourth-order valence-corrected chi connectivity index (χ4v) is 3.51. The maximum atomic E-state index is 13.2. The Morgan fingerprint density at radius 1 is 0.879 bits per heavy atom. The Balaban J connectivity index is 1.91. The predicted molar refractivity (Wildman–Crippen MR) is 109 cm³/mol. The third-order valence-electron chi connectivity index (χ3n) is 5.24. The van der Waals surface area contributed by atoms with Crippen molar-refractivity contribution >= 4 is 11.0 Å². The number of ether oxygens (including phenoxy) is 2. The molecule has 0 spiro atoms. The van der Waals surface area contributed by atoms with E-state index in [2.05, 4.69) is 0 Å². The highest BCUT2D eigenvalue weighted by atomic mass is 16.7. The van der Waals surface area contributed by atoms with Gasteiger partial charge in [-0.05, 0) is 18.2 Å². The molecular formula is C21H20O12. The number of phenols is 4. The molecule has 0 bridgehead atoms. The summed E-state index contributed by atoms with van der Waals surface area (Å²) in [4.78, 5) is 13.2. The van der Waals surface area contributed by atoms with Crippen LogP contribution < -0.4 is 10.2 Å². The normalized spacial score (nSPS) is 25.3. The Bertz CT molecular complexity index is 1250. The van der Waals surface area contributed by atoms with E-state index in [1.165, 1.54) is 6.07 Å². The van der Waals surface area contributed by atoms with Gasteiger partial charge >= 0.3 is 0 Å². The van der Waals surface area contributed by atoms with Crippen LogP contribution in [0.4, 0.5) is 0 Å². The number of aliphatic hydroxyl groups is 4. The van der Waals surface area contributed by atoms with Crippen LogP contribution in [0.25, 0.3) is 22.3 Å². The summed E-state index contributed by atoms with van der Waals surface area (Å²) in [6.07, 6.45) is -8.40. The van der Waals surface area contributed by atoms with E-state index in [9.17, 15) is 45.6 Å². The lowest BCUT2D eigenvalue weighted by Gasteiger charge is -2.39. The molecule has 0 radical (unpaired) electrons. The Morgan fingerprint density at radius 3 is 2.27 bits per heavy atom. The number of aliphatic hydroxyl groups excluding tert-OH is 4. The van der Waals surface area contributed by atoms with Gasteiger partial charge in [-0.25, -0.2) is 0 Å². The van der Waals surface area contributed by atoms with Crippen LogP contribution in [0.3, 0.4) is 0 Å². The molecule has 0 saturated carbocycles. The summed E-state index contributed by atoms with van der Waals surface area (Å²) in [5.41, 5.74) is -1.19. The monoisotopic (exact) mass is 464 g/mol. The number of aromatic hydroxyl groups is 4. The average molecular weight is 464 g/mol. The van der Waals surface area contributed by atoms with E-state index >= 15 is 0 Å². The molecule has 3 aromatic rings. The van der Waals surface area contributed by atoms with Gasteiger partial charge in [-0.1, -0.05) is 0 Å². The predicted octanol–water partition coefficient (Wildman–Crippen LogP) is -0.539. The molecule has 1 aromatic heterocycles. The zero-order chi connectivity index (χ0) is 24.0. The van der Waals surface area contributed by atoms with Crippen LogP contribution in [0.5, 0.6) is 28.7 Å². The topological polar surface area (TPSA) is 211 Å². The van der Waals surface area contributed by atoms with E-state index in [4.69, 9.17) is 13.9 Å². The molecule has 0 aliphatic carbocycles. The zero-order valence-corrected chi connectivity index (χ0v) is 16.7. The second kappa shape index (κ2) is 8.42. The summed E-state index contributed by atoms with van der Waals surface area (Å²) < 4.78 is 16.5. The molecule has 12 nitrogen and oxygen atoms in total. The van der Waals surface area contributed by atoms with Gasteiger partial charge in [0.05, 0.1) is 6.61 Å². The zero-order valence-electron chi connectivity index (χ0n) is 16.7. The van der Waals surface area contributed by atoms with Crippen LogP contribution in [-0.4, -0.2) is 78.2 Å². The van der Waals surface area contributed by atoms with Gasteiger partial charge in [-0.3, -0.25) is 4.79 Å². The first kappa shape index (κ1) is 22.6. The lowest BCUT2D eigenvalue weighted by molar-refractivity contribution is -0.277. The molecule has 0 amide bonds. The standard InChI is InChI=1S/C21H20O12/c22-6-13-15(27)17(29)18(30)21(32-13)33-20-16(28)14-11(26)4-8(23)5-12(14)31-19(20)7-1-2-9(24)10(25)3-7/h1-5,13,15,17-18,21-27,29-30H,6H2/t13?,15?,17?,18-,21?/m1/s1. The second-order valence-corrected chi connectivity index (χ2v) is 7.45. The van der Waals surface area contributed by atoms with Crippen LogP contribution in [-0.2, 0) is 4.74 Å². The molecule has 2 aromatic carbocycles. The first-order chi connectivity index (χ1) is 15.6. The third-order valence-corrected chi connectivity index (χ3v) is 5.24. The highest BCUT2D eigenvalue weighted by molar-refractivity contribution is 5.88. The third kappa shape index (κ3) is 3.90. The molecular weight excluding hydrogens is 444 g/mol. The Labute approximate surface area is 184 Å². The highest BCUT2D eigenvalue weighted by Crippen LogP contribution is 2.39. The molecule has 33 heavy (non-hydrogen) atoms. The van der Waals surface area contributed by atoms with Crippen molar-refractivity contribution < 1.29 is 54.7 Å². The number of benzene rings is 2. The number of phenolic OH excluding ortho intramolecular Hbond substituents is 4. The van der Waals surface area contributed by atoms with Crippen molar-refractivity contribution in [2.24, 2.45) is 0 Å². The number of rotatable bonds is 4. The number of hydrogen-bond donors (Lipinski definition) is 8. The fraction of sp³-hybridized carbons (Fsp3) is 0.286. The molecule has 2 heterocycles. The molecule has 4 rings (SSSR count). The number of fused-ring (bicyclic) bond motifs is 1. The average Bonchev–Trinajstić information content (AvgIpc) is 2.76. The van der Waals surface area contributed by atoms with E-state index in [1.54, 1.807) is 0 Å². The van der Waals surface area contributed by atoms with Crippen LogP contribution in [0.15, 0.2) is 39.5 Å². The summed E-state index contributed by atoms with van der Waals surface area (Å²) in [6, 6.07) is 5.36. The first-order valence-corrected chi connectivity index (χ1v) is 9.64. The molecule has 1 aliphatic heterocycles. The molecule has 1 aliphatic rings. The van der Waals surface area contributed by atoms with Crippen molar-refractivity contribution in [2.75, 3.05) is 6.61 Å². The van der Waals surface area contributed by atoms with Crippen LogP contribution in [0.1, 0.15) is 0 Å². The van der Waals surface area contributed by atoms with Crippen LogP contribution in [0, 0.1) is 0 Å². The van der Waals surface area contributed by atoms with Gasteiger partial charge in [0.1, 0.15) is 46.9 Å². The lowest BCUT2D eigenvalue weighted by atomic mass is 9.99. The van der Waals surface area contributed by atoms with Gasteiger partial charge < -0.3 is 54.7 Å². The van der Waals surface area contributed by atoms with E-state index in [1.807, 2.05) is 0 Å². The van der Waals surface area contributed by atoms with Crippen molar-refractivity contribution in [1.82, 2.24) is 0 Å². The minimum absolute atomic E-state index is 0.0201. The highest BCUT2D eigenvalue weighted by Gasteiger charge is 2.45. The summed E-state index contributed by atoms with van der Waals surface area (Å²) in [6.45, 7) is -0.740. The molecule has 1 saturated heterocycles. The molecule has 1 fully saturated rings. The fourth-order valence-electron chi connectivity index (χ4n) is 3.51. The summed E-state index contributed by atoms with van der Waals surface area (Å²) in [5, 5.41) is 78.7. The van der Waals surface area contributed by atoms with Gasteiger partial charge in [0.25, 0.3) is 0 Å². The lowest BCUT2D eigenvalue weighted by Crippen LogP contribution is -2.60. The maximum absolute atomic E-state index is 13.2. The minimum Gasteiger partial charge on any atom is -0.508 e. The van der Waals surface area contributed by atoms with Crippen molar-refractivity contribution in [3.8, 4) is 40.1 Å². The van der Waals surface area contributed by atoms with E-state index in [0.717, 1.165) is 24.3 Å². The van der Waals surface area contributed by atoms with E-state index in [0.29, 0.717) is 0 Å². The Kier molecular flexibility index (Phi) is 5.78. The summed E-state index contributed by atoms with van der Waals surface area (Å²) in [5.74, 6) is -3.05. The van der Waals surface area contributed by atoms with E-state index in [-0.39, 0.29) is 22.3 Å². The smallest absolute Gasteiger partial charge is 0.239 e. The van der Waals surface area contributed by atoms with Crippen molar-refractivity contribution in [2.45, 2.75) is 30.7 Å². The Hall–Kier alpha value is -3.55. The second-order valence-electron chi connectivity index (χ2n) is 7.45. The molecule has 8 N–H and O–H groups in total. The van der Waals surface area contributed by atoms with Crippen molar-refractivity contribution in [3.05, 3.63) is 40.6 Å². The SMILES string of the molecule is O=c1c(OC2OC(CO)C(O)C(O)[C@H]2O)c(-c2ccc(O)c(O)c2)oc2cc(O)cc(O)c12. The van der Waals surface area contributed by atoms with Gasteiger partial charge in [0.2, 0.25) is 17.5 Å². The summed E-state index contributed by atoms with van der Waals surface area (Å²) >= 11 is 0. The quantitative estimate of drug-likeness (QED) is 0.229. The van der Waals surface area contributed by atoms with Crippen molar-refractivity contribution in [1.29, 1.82) is 0 Å². The Morgan fingerprint density at radius 2 is 1.61 bits per heavy atom. The molecule has 12 heteroatoms. The minimum atomic E-state index is -1.85. The largest absolute Gasteiger partial charge is 0.508 e. The maximum Gasteiger partial charge on any atom is 0.239 e. The van der Waals surface area contributed by atoms with Gasteiger partial charge in [-0.2, -0.15) is 0 Å². The first-order valence-electron chi connectivity index (χ1n) is 9.64. The molecule has 176 valence electrons. The van der Waals surface area contributed by atoms with Crippen LogP contribution in [0.2, 0.25) is 0 Å². The van der Waals surface area contributed by atoms with Gasteiger partial charge in [0.15, 0.2) is 17.3 Å². The van der Waals surface area contributed by atoms with Crippen molar-refractivity contribution in [3.63, 3.8) is 0 Å². The summed E-state index contributed by atoms with van der Waals surface area (Å²) in [7, 11) is 0. The van der Waals surface area contributed by atoms with E-state index < -0.39 is 71.5 Å². The van der Waals surface area contributed by atoms with Gasteiger partial charge in [-0.15, -0.1) is 0 Å². The molecule has 4 unspecified atom stereocenters. The number of hydrogen-bond acceptors (Lipinski definition) is 12. The van der Waals surface area contributed by atoms with Crippen LogP contribution >= 0.6 is 0 Å². The molecule has 5 atom stereocenters.